The van der Waals surface area contributed by atoms with Crippen LogP contribution in [-0.2, 0) is 31.1 Å². The number of rotatable bonds is 11. The average molecular weight is 682 g/mol. The average Bonchev–Trinajstić information content (AvgIpc) is 3.70. The van der Waals surface area contributed by atoms with E-state index >= 15 is 0 Å². The number of aromatic nitrogens is 5. The van der Waals surface area contributed by atoms with Gasteiger partial charge in [0.1, 0.15) is 17.1 Å². The van der Waals surface area contributed by atoms with Gasteiger partial charge in [0.15, 0.2) is 10.8 Å². The van der Waals surface area contributed by atoms with Gasteiger partial charge < -0.3 is 35.7 Å². The van der Waals surface area contributed by atoms with Crippen molar-refractivity contribution < 1.29 is 93.3 Å². The summed E-state index contributed by atoms with van der Waals surface area (Å²) in [6, 6.07) is 2.00. The summed E-state index contributed by atoms with van der Waals surface area (Å²) < 4.78 is 1.43. The molecule has 0 spiro atoms. The number of hydrogen-bond donors (Lipinski definition) is 2. The number of β-lactam (4-membered cyclic amide) rings is 1. The Morgan fingerprint density at radius 3 is 2.65 bits per heavy atom. The molecule has 0 bridgehead atoms. The summed E-state index contributed by atoms with van der Waals surface area (Å²) in [6.45, 7) is 0. The van der Waals surface area contributed by atoms with Gasteiger partial charge in [0.05, 0.1) is 22.5 Å². The number of nitrogens with zero attached hydrogens (tertiary/aromatic N) is 7. The molecule has 3 aromatic heterocycles. The number of carbonyl (C=O) groups excluding carboxylic acids is 4. The van der Waals surface area contributed by atoms with Crippen LogP contribution in [0.25, 0.3) is 0 Å². The molecule has 214 valence electrons. The maximum atomic E-state index is 13.3. The summed E-state index contributed by atoms with van der Waals surface area (Å²) in [4.78, 5) is 60.6. The smallest absolute Gasteiger partial charge is 0.546 e. The van der Waals surface area contributed by atoms with Crippen molar-refractivity contribution in [1.82, 2.24) is 35.4 Å². The number of thiophene rings is 1. The molecule has 2 aliphatic heterocycles. The molecule has 2 unspecified atom stereocenters. The second kappa shape index (κ2) is 15.3. The fraction of sp³-hybridized carbons (Fsp3) is 0.286. The van der Waals surface area contributed by atoms with E-state index in [1.165, 1.54) is 39.7 Å². The molecule has 3 N–H and O–H groups in total. The molecule has 43 heavy (non-hydrogen) atoms. The number of carbonyl (C=O) groups is 4. The number of carboxylic acids is 2. The van der Waals surface area contributed by atoms with Crippen LogP contribution in [0, 0.1) is 0 Å². The van der Waals surface area contributed by atoms with Gasteiger partial charge in [0.2, 0.25) is 11.3 Å². The van der Waals surface area contributed by atoms with E-state index in [-0.39, 0.29) is 92.0 Å². The fourth-order valence-electron chi connectivity index (χ4n) is 3.85. The number of tetrazole rings is 1. The molecule has 2 amide bonds. The zero-order chi connectivity index (χ0) is 29.3. The van der Waals surface area contributed by atoms with Crippen LogP contribution in [0.4, 0.5) is 5.13 Å². The standard InChI is InChI=1S/C21H19N9O7S4.2Na/c1-29-21(25-27-28-29)41-6-8-5-39-17-12(16(32)30(17)13(8)18(33)34)24-15(31)11(9-7-40-20(22)23-9)26-37-14(19(35)36)10-3-2-4-38-10;;/h2-4,7,12,14,17H,5-6H2,1H3,(H2,22,23)(H,24,31)(H,33,34)(H,35,36);;/q;2*+1/p-2/b26-11-;;/t12?,14?,17-;;/m0../s1. The molecule has 16 nitrogen and oxygen atoms in total. The summed E-state index contributed by atoms with van der Waals surface area (Å²) in [5, 5.41) is 43.9. The van der Waals surface area contributed by atoms with E-state index in [4.69, 9.17) is 10.6 Å². The molecular formula is C21H17N9Na2O7S4. The molecule has 5 rings (SSSR count). The van der Waals surface area contributed by atoms with Crippen LogP contribution in [0.2, 0.25) is 0 Å². The van der Waals surface area contributed by atoms with Crippen LogP contribution in [0.15, 0.2) is 44.5 Å². The Labute approximate surface area is 303 Å². The van der Waals surface area contributed by atoms with E-state index in [1.54, 1.807) is 18.5 Å². The number of nitrogen functional groups attached to an aromatic ring is 1. The minimum atomic E-state index is -1.60. The molecule has 1 saturated heterocycles. The Bertz CT molecular complexity index is 1580. The maximum absolute atomic E-state index is 13.3. The number of aryl methyl sites for hydroxylation is 1. The number of carboxylic acid groups (broad SMARTS) is 2. The van der Waals surface area contributed by atoms with E-state index in [0.717, 1.165) is 27.6 Å². The number of oxime groups is 1. The van der Waals surface area contributed by atoms with Crippen molar-refractivity contribution in [1.29, 1.82) is 0 Å². The van der Waals surface area contributed by atoms with Gasteiger partial charge in [-0.25, -0.2) is 9.67 Å². The number of nitrogens with two attached hydrogens (primary N) is 1. The monoisotopic (exact) mass is 681 g/mol. The fourth-order valence-corrected chi connectivity index (χ4v) is 7.46. The molecule has 0 aromatic carbocycles. The number of nitrogens with one attached hydrogen (secondary N) is 1. The Morgan fingerprint density at radius 2 is 2.07 bits per heavy atom. The first-order chi connectivity index (χ1) is 19.7. The normalized spacial score (nSPS) is 18.5. The van der Waals surface area contributed by atoms with E-state index in [9.17, 15) is 29.4 Å². The van der Waals surface area contributed by atoms with E-state index < -0.39 is 47.0 Å². The molecule has 0 saturated carbocycles. The van der Waals surface area contributed by atoms with E-state index in [0.29, 0.717) is 10.7 Å². The topological polar surface area (TPSA) is 234 Å². The molecule has 5 heterocycles. The van der Waals surface area contributed by atoms with Crippen LogP contribution in [0.1, 0.15) is 16.7 Å². The first kappa shape index (κ1) is 35.5. The van der Waals surface area contributed by atoms with Crippen LogP contribution < -0.4 is 80.4 Å². The number of thioether (sulfide) groups is 2. The Kier molecular flexibility index (Phi) is 12.6. The van der Waals surface area contributed by atoms with Gasteiger partial charge in [0.25, 0.3) is 11.8 Å². The third-order valence-electron chi connectivity index (χ3n) is 5.73. The number of amides is 2. The SMILES string of the molecule is Cn1nnnc1SCC1=C(C(=O)[O-])N2C(=O)C(NC(=O)/C(=N\OC(C(=O)[O-])c3cccs3)c3csc(N)n3)[C@@H]2SC1.[Na+].[Na+]. The van der Waals surface area contributed by atoms with Crippen molar-refractivity contribution in [3.05, 3.63) is 44.7 Å². The molecule has 0 radical (unpaired) electrons. The molecule has 3 atom stereocenters. The van der Waals surface area contributed by atoms with Crippen molar-refractivity contribution >= 4 is 80.8 Å². The molecule has 0 aliphatic carbocycles. The minimum absolute atomic E-state index is 0. The van der Waals surface area contributed by atoms with Crippen LogP contribution >= 0.6 is 46.2 Å². The largest absolute Gasteiger partial charge is 1.00 e. The molecule has 2 aliphatic rings. The van der Waals surface area contributed by atoms with Gasteiger partial charge in [-0.2, -0.15) is 0 Å². The number of thiazole rings is 1. The third kappa shape index (κ3) is 7.63. The van der Waals surface area contributed by atoms with Crippen molar-refractivity contribution in [2.45, 2.75) is 22.7 Å². The molecule has 3 aromatic rings. The quantitative estimate of drug-likeness (QED) is 0.0629. The van der Waals surface area contributed by atoms with Crippen LogP contribution in [-0.4, -0.2) is 82.5 Å². The minimum Gasteiger partial charge on any atom is -0.546 e. The van der Waals surface area contributed by atoms with Crippen LogP contribution in [0.3, 0.4) is 0 Å². The number of anilines is 1. The summed E-state index contributed by atoms with van der Waals surface area (Å²) in [7, 11) is 1.64. The van der Waals surface area contributed by atoms with Crippen molar-refractivity contribution in [2.24, 2.45) is 12.2 Å². The van der Waals surface area contributed by atoms with Crippen molar-refractivity contribution in [2.75, 3.05) is 17.2 Å². The number of fused-ring (bicyclic) bond motifs is 1. The zero-order valence-electron chi connectivity index (χ0n) is 22.7. The van der Waals surface area contributed by atoms with Gasteiger partial charge in [-0.05, 0) is 27.4 Å². The van der Waals surface area contributed by atoms with Crippen molar-refractivity contribution in [3.63, 3.8) is 0 Å². The second-order valence-electron chi connectivity index (χ2n) is 8.31. The van der Waals surface area contributed by atoms with Gasteiger partial charge in [0, 0.05) is 23.9 Å². The van der Waals surface area contributed by atoms with E-state index in [2.05, 4.69) is 31.0 Å². The third-order valence-corrected chi connectivity index (χ3v) is 9.75. The number of aliphatic carboxylic acids is 2. The van der Waals surface area contributed by atoms with E-state index in [1.807, 2.05) is 0 Å². The van der Waals surface area contributed by atoms with Crippen molar-refractivity contribution in [3.8, 4) is 0 Å². The summed E-state index contributed by atoms with van der Waals surface area (Å²) >= 11 is 4.54. The van der Waals surface area contributed by atoms with Gasteiger partial charge >= 0.3 is 59.1 Å². The first-order valence-corrected chi connectivity index (χ1v) is 15.2. The molecular weight excluding hydrogens is 665 g/mol. The predicted octanol–water partition coefficient (Wildman–Crippen LogP) is -8.27. The Balaban J connectivity index is 0.00000253. The first-order valence-electron chi connectivity index (χ1n) is 11.4. The molecule has 22 heteroatoms. The van der Waals surface area contributed by atoms with Gasteiger partial charge in [-0.1, -0.05) is 23.0 Å². The number of hydrogen-bond acceptors (Lipinski definition) is 17. The zero-order valence-corrected chi connectivity index (χ0v) is 29.9. The Hall–Kier alpha value is -2.01. The maximum Gasteiger partial charge on any atom is 1.00 e. The summed E-state index contributed by atoms with van der Waals surface area (Å²) in [6.07, 6.45) is -1.60. The predicted molar refractivity (Wildman–Crippen MR) is 143 cm³/mol. The van der Waals surface area contributed by atoms with Gasteiger partial charge in [-0.3, -0.25) is 14.5 Å². The van der Waals surface area contributed by atoms with Crippen LogP contribution in [0.5, 0.6) is 0 Å². The summed E-state index contributed by atoms with van der Waals surface area (Å²) in [5.74, 6) is -4.27. The Morgan fingerprint density at radius 1 is 1.30 bits per heavy atom. The summed E-state index contributed by atoms with van der Waals surface area (Å²) in [5.41, 5.74) is 5.42. The second-order valence-corrected chi connectivity index (χ2v) is 12.2. The molecule has 1 fully saturated rings. The van der Waals surface area contributed by atoms with Gasteiger partial charge in [-0.15, -0.1) is 39.5 Å².